The highest BCUT2D eigenvalue weighted by Crippen LogP contribution is 2.09. The Labute approximate surface area is 63.1 Å². The second-order valence-corrected chi connectivity index (χ2v) is 1.61. The van der Waals surface area contributed by atoms with Crippen molar-refractivity contribution in [2.75, 3.05) is 5.73 Å². The van der Waals surface area contributed by atoms with E-state index in [-0.39, 0.29) is 18.1 Å². The number of aromatic amines is 1. The van der Waals surface area contributed by atoms with Crippen molar-refractivity contribution in [2.45, 2.75) is 0 Å². The van der Waals surface area contributed by atoms with E-state index in [1.807, 2.05) is 0 Å². The van der Waals surface area contributed by atoms with Gasteiger partial charge in [0.25, 0.3) is 5.56 Å². The summed E-state index contributed by atoms with van der Waals surface area (Å²) in [4.78, 5) is 12.7. The molecule has 0 unspecified atom stereocenters. The number of nitrogens with one attached hydrogen (secondary N) is 1. The predicted molar refractivity (Wildman–Crippen MR) is 40.4 cm³/mol. The Balaban J connectivity index is 0.000000810. The maximum atomic E-state index is 10.5. The number of nitrogens with two attached hydrogens (primary N) is 1. The smallest absolute Gasteiger partial charge is 0.292 e. The van der Waals surface area contributed by atoms with E-state index in [4.69, 9.17) is 10.8 Å². The van der Waals surface area contributed by atoms with E-state index in [0.29, 0.717) is 0 Å². The van der Waals surface area contributed by atoms with Gasteiger partial charge >= 0.3 is 0 Å². The van der Waals surface area contributed by atoms with E-state index in [1.54, 1.807) is 0 Å². The molecule has 1 aromatic heterocycles. The van der Waals surface area contributed by atoms with Crippen molar-refractivity contribution in [1.82, 2.24) is 4.98 Å². The number of aromatic nitrogens is 1. The highest BCUT2D eigenvalue weighted by atomic mass is 35.5. The Bertz CT molecular complexity index is 271. The van der Waals surface area contributed by atoms with Crippen molar-refractivity contribution >= 4 is 18.1 Å². The average Bonchev–Trinajstić information content (AvgIpc) is 1.83. The summed E-state index contributed by atoms with van der Waals surface area (Å²) in [5, 5.41) is 8.74. The molecule has 1 heterocycles. The van der Waals surface area contributed by atoms with Gasteiger partial charge in [0.15, 0.2) is 0 Å². The fourth-order valence-electron chi connectivity index (χ4n) is 0.486. The molecule has 0 amide bonds. The third-order valence-electron chi connectivity index (χ3n) is 0.966. The van der Waals surface area contributed by atoms with Gasteiger partial charge in [-0.25, -0.2) is 0 Å². The van der Waals surface area contributed by atoms with E-state index in [1.165, 1.54) is 12.3 Å². The number of pyridine rings is 1. The van der Waals surface area contributed by atoms with Crippen molar-refractivity contribution in [3.63, 3.8) is 0 Å². The lowest BCUT2D eigenvalue weighted by Crippen LogP contribution is -2.05. The number of anilines is 1. The first-order valence-electron chi connectivity index (χ1n) is 2.38. The van der Waals surface area contributed by atoms with Crippen molar-refractivity contribution < 1.29 is 5.11 Å². The molecule has 0 aliphatic heterocycles. The number of hydrogen-bond acceptors (Lipinski definition) is 3. The van der Waals surface area contributed by atoms with Gasteiger partial charge in [0.1, 0.15) is 0 Å². The highest BCUT2D eigenvalue weighted by Gasteiger charge is 1.97. The maximum absolute atomic E-state index is 10.5. The Morgan fingerprint density at radius 3 is 2.60 bits per heavy atom. The molecular formula is C5H7ClN2O2. The summed E-state index contributed by atoms with van der Waals surface area (Å²) in [5.41, 5.74) is 4.69. The normalized spacial score (nSPS) is 8.40. The number of nitrogen functional groups attached to an aromatic ring is 1. The van der Waals surface area contributed by atoms with E-state index < -0.39 is 11.3 Å². The molecular weight excluding hydrogens is 156 g/mol. The van der Waals surface area contributed by atoms with Gasteiger partial charge in [-0.3, -0.25) is 4.79 Å². The quantitative estimate of drug-likeness (QED) is 0.506. The Morgan fingerprint density at radius 2 is 2.20 bits per heavy atom. The fraction of sp³-hybridized carbons (Fsp3) is 0. The topological polar surface area (TPSA) is 79.1 Å². The van der Waals surface area contributed by atoms with E-state index >= 15 is 0 Å². The summed E-state index contributed by atoms with van der Waals surface area (Å²) in [7, 11) is 0. The van der Waals surface area contributed by atoms with Gasteiger partial charge in [0.05, 0.1) is 5.69 Å². The molecule has 10 heavy (non-hydrogen) atoms. The zero-order valence-electron chi connectivity index (χ0n) is 5.00. The lowest BCUT2D eigenvalue weighted by molar-refractivity contribution is 0.469. The summed E-state index contributed by atoms with van der Waals surface area (Å²) >= 11 is 0. The minimum Gasteiger partial charge on any atom is -0.502 e. The molecule has 4 nitrogen and oxygen atoms in total. The van der Waals surface area contributed by atoms with Crippen LogP contribution in [0.25, 0.3) is 0 Å². The summed E-state index contributed by atoms with van der Waals surface area (Å²) in [5.74, 6) is -0.419. The molecule has 0 saturated heterocycles. The summed E-state index contributed by atoms with van der Waals surface area (Å²) in [6.07, 6.45) is 1.37. The van der Waals surface area contributed by atoms with Gasteiger partial charge in [0.2, 0.25) is 5.75 Å². The molecule has 1 aromatic rings. The molecule has 0 bridgehead atoms. The number of rotatable bonds is 0. The summed E-state index contributed by atoms with van der Waals surface area (Å²) < 4.78 is 0. The first kappa shape index (κ1) is 8.84. The minimum absolute atomic E-state index is 0. The number of halogens is 1. The molecule has 0 fully saturated rings. The Hall–Kier alpha value is -1.16. The van der Waals surface area contributed by atoms with Crippen LogP contribution in [0.4, 0.5) is 5.69 Å². The van der Waals surface area contributed by atoms with Crippen molar-refractivity contribution in [2.24, 2.45) is 0 Å². The molecule has 0 aromatic carbocycles. The zero-order chi connectivity index (χ0) is 6.85. The van der Waals surface area contributed by atoms with Gasteiger partial charge in [0, 0.05) is 6.20 Å². The molecule has 4 N–H and O–H groups in total. The molecule has 5 heteroatoms. The largest absolute Gasteiger partial charge is 0.502 e. The first-order valence-corrected chi connectivity index (χ1v) is 2.38. The van der Waals surface area contributed by atoms with Crippen LogP contribution in [-0.2, 0) is 0 Å². The maximum Gasteiger partial charge on any atom is 0.292 e. The van der Waals surface area contributed by atoms with Crippen LogP contribution in [-0.4, -0.2) is 10.1 Å². The second kappa shape index (κ2) is 3.12. The third kappa shape index (κ3) is 1.41. The molecule has 0 atom stereocenters. The van der Waals surface area contributed by atoms with Gasteiger partial charge in [-0.15, -0.1) is 12.4 Å². The Morgan fingerprint density at radius 1 is 1.60 bits per heavy atom. The van der Waals surface area contributed by atoms with Crippen LogP contribution in [0.15, 0.2) is 17.1 Å². The van der Waals surface area contributed by atoms with Crippen molar-refractivity contribution in [3.8, 4) is 5.75 Å². The minimum atomic E-state index is -0.560. The van der Waals surface area contributed by atoms with E-state index in [9.17, 15) is 4.79 Å². The molecule has 0 aliphatic carbocycles. The van der Waals surface area contributed by atoms with Crippen LogP contribution in [0, 0.1) is 0 Å². The lowest BCUT2D eigenvalue weighted by atomic mass is 10.4. The van der Waals surface area contributed by atoms with Crippen LogP contribution in [0.5, 0.6) is 5.75 Å². The van der Waals surface area contributed by atoms with Crippen LogP contribution in [0.2, 0.25) is 0 Å². The zero-order valence-corrected chi connectivity index (χ0v) is 5.81. The van der Waals surface area contributed by atoms with Crippen LogP contribution >= 0.6 is 12.4 Å². The number of aromatic hydroxyl groups is 1. The van der Waals surface area contributed by atoms with Gasteiger partial charge in [-0.05, 0) is 6.07 Å². The molecule has 0 saturated carbocycles. The standard InChI is InChI=1S/C5H6N2O2.ClH/c6-3-1-2-7-5(9)4(3)8;/h1-2,8H,(H3,6,7,9);1H. The van der Waals surface area contributed by atoms with E-state index in [0.717, 1.165) is 0 Å². The van der Waals surface area contributed by atoms with Crippen LogP contribution in [0.3, 0.4) is 0 Å². The van der Waals surface area contributed by atoms with Gasteiger partial charge in [-0.2, -0.15) is 0 Å². The summed E-state index contributed by atoms with van der Waals surface area (Å²) in [6.45, 7) is 0. The van der Waals surface area contributed by atoms with Crippen molar-refractivity contribution in [3.05, 3.63) is 22.6 Å². The molecule has 0 spiro atoms. The first-order chi connectivity index (χ1) is 4.22. The third-order valence-corrected chi connectivity index (χ3v) is 0.966. The second-order valence-electron chi connectivity index (χ2n) is 1.61. The van der Waals surface area contributed by atoms with Crippen molar-refractivity contribution in [1.29, 1.82) is 0 Å². The molecule has 0 aliphatic rings. The predicted octanol–water partition coefficient (Wildman–Crippen LogP) is 0.0845. The Kier molecular flexibility index (Phi) is 2.76. The molecule has 56 valence electrons. The fourth-order valence-corrected chi connectivity index (χ4v) is 0.486. The lowest BCUT2D eigenvalue weighted by Gasteiger charge is -1.92. The molecule has 1 rings (SSSR count). The van der Waals surface area contributed by atoms with Crippen LogP contribution < -0.4 is 11.3 Å². The van der Waals surface area contributed by atoms with Gasteiger partial charge < -0.3 is 15.8 Å². The summed E-state index contributed by atoms with van der Waals surface area (Å²) in [6, 6.07) is 1.41. The molecule has 0 radical (unpaired) electrons. The number of H-pyrrole nitrogens is 1. The SMILES string of the molecule is Cl.Nc1cc[nH]c(=O)c1O. The van der Waals surface area contributed by atoms with E-state index in [2.05, 4.69) is 4.98 Å². The monoisotopic (exact) mass is 162 g/mol. The van der Waals surface area contributed by atoms with Crippen LogP contribution in [0.1, 0.15) is 0 Å². The van der Waals surface area contributed by atoms with Gasteiger partial charge in [-0.1, -0.05) is 0 Å². The number of hydrogen-bond donors (Lipinski definition) is 3. The average molecular weight is 163 g/mol. The highest BCUT2D eigenvalue weighted by molar-refractivity contribution is 5.85.